The van der Waals surface area contributed by atoms with Gasteiger partial charge in [-0.05, 0) is 63.6 Å². The molecule has 1 fully saturated rings. The third-order valence-corrected chi connectivity index (χ3v) is 6.68. The first-order chi connectivity index (χ1) is 14.5. The molecule has 0 N–H and O–H groups in total. The van der Waals surface area contributed by atoms with Gasteiger partial charge in [-0.3, -0.25) is 4.79 Å². The highest BCUT2D eigenvalue weighted by Gasteiger charge is 2.33. The van der Waals surface area contributed by atoms with Crippen molar-refractivity contribution in [3.63, 3.8) is 0 Å². The quantitative estimate of drug-likeness (QED) is 0.536. The van der Waals surface area contributed by atoms with Crippen LogP contribution in [0.4, 0.5) is 0 Å². The van der Waals surface area contributed by atoms with E-state index in [9.17, 15) is 9.59 Å². The minimum atomic E-state index is -0.836. The molecule has 1 aliphatic rings. The highest BCUT2D eigenvalue weighted by atomic mass is 32.1. The summed E-state index contributed by atoms with van der Waals surface area (Å²) in [5, 5.41) is 2.70. The summed E-state index contributed by atoms with van der Waals surface area (Å²) < 4.78 is 5.67. The van der Waals surface area contributed by atoms with Crippen LogP contribution in [0.15, 0.2) is 47.8 Å². The second-order valence-corrected chi connectivity index (χ2v) is 8.92. The third-order valence-electron chi connectivity index (χ3n) is 5.79. The normalized spacial score (nSPS) is 20.2. The molecular weight excluding hydrogens is 396 g/mol. The van der Waals surface area contributed by atoms with Crippen molar-refractivity contribution in [1.82, 2.24) is 9.88 Å². The Morgan fingerprint density at radius 1 is 1.13 bits per heavy atom. The van der Waals surface area contributed by atoms with Crippen molar-refractivity contribution in [2.24, 2.45) is 0 Å². The average molecular weight is 423 g/mol. The van der Waals surface area contributed by atoms with Crippen LogP contribution in [0.2, 0.25) is 0 Å². The van der Waals surface area contributed by atoms with Gasteiger partial charge in [-0.1, -0.05) is 24.3 Å². The molecular formula is C24H26N2O3S. The molecule has 0 spiro atoms. The minimum Gasteiger partial charge on any atom is -0.449 e. The molecule has 1 aromatic carbocycles. The standard InChI is InChI=1S/C24H26N2O3S/c1-15-8-6-9-16(2)26(15)23(27)17(3)29-24(28)19-14-21(22-12-7-13-30-22)25-20-11-5-4-10-18(19)20/h4-5,7,10-17H,6,8-9H2,1-3H3/t15-,16-,17-/m1/s1. The number of hydrogen-bond acceptors (Lipinski definition) is 5. The summed E-state index contributed by atoms with van der Waals surface area (Å²) in [5.74, 6) is -0.621. The van der Waals surface area contributed by atoms with Gasteiger partial charge >= 0.3 is 5.97 Å². The number of piperidine rings is 1. The van der Waals surface area contributed by atoms with E-state index in [0.29, 0.717) is 5.56 Å². The summed E-state index contributed by atoms with van der Waals surface area (Å²) in [4.78, 5) is 33.7. The van der Waals surface area contributed by atoms with E-state index in [4.69, 9.17) is 9.72 Å². The van der Waals surface area contributed by atoms with Crippen LogP contribution in [0.5, 0.6) is 0 Å². The Hall–Kier alpha value is -2.73. The molecule has 3 atom stereocenters. The number of esters is 1. The van der Waals surface area contributed by atoms with E-state index in [1.165, 1.54) is 0 Å². The first-order valence-corrected chi connectivity index (χ1v) is 11.3. The summed E-state index contributed by atoms with van der Waals surface area (Å²) in [6.45, 7) is 5.79. The zero-order valence-electron chi connectivity index (χ0n) is 17.5. The van der Waals surface area contributed by atoms with Gasteiger partial charge in [0.1, 0.15) is 0 Å². The van der Waals surface area contributed by atoms with Crippen molar-refractivity contribution >= 4 is 34.1 Å². The maximum absolute atomic E-state index is 13.1. The molecule has 1 amide bonds. The number of para-hydroxylation sites is 1. The topological polar surface area (TPSA) is 59.5 Å². The van der Waals surface area contributed by atoms with Crippen molar-refractivity contribution < 1.29 is 14.3 Å². The van der Waals surface area contributed by atoms with Gasteiger partial charge in [0.05, 0.1) is 21.7 Å². The van der Waals surface area contributed by atoms with Crippen molar-refractivity contribution in [2.75, 3.05) is 0 Å². The maximum atomic E-state index is 13.1. The molecule has 1 aliphatic heterocycles. The molecule has 0 saturated carbocycles. The fraction of sp³-hybridized carbons (Fsp3) is 0.375. The Kier molecular flexibility index (Phi) is 5.86. The number of benzene rings is 1. The number of hydrogen-bond donors (Lipinski definition) is 0. The summed E-state index contributed by atoms with van der Waals surface area (Å²) in [5.41, 5.74) is 1.89. The number of nitrogens with zero attached hydrogens (tertiary/aromatic N) is 2. The SMILES string of the molecule is C[C@@H]1CCC[C@@H](C)N1C(=O)[C@@H](C)OC(=O)c1cc(-c2cccs2)nc2ccccc12. The lowest BCUT2D eigenvalue weighted by Gasteiger charge is -2.40. The number of fused-ring (bicyclic) bond motifs is 1. The fourth-order valence-corrected chi connectivity index (χ4v) is 4.92. The van der Waals surface area contributed by atoms with Gasteiger partial charge in [-0.15, -0.1) is 11.3 Å². The van der Waals surface area contributed by atoms with Gasteiger partial charge in [-0.25, -0.2) is 9.78 Å². The molecule has 0 aliphatic carbocycles. The zero-order valence-corrected chi connectivity index (χ0v) is 18.3. The highest BCUT2D eigenvalue weighted by Crippen LogP contribution is 2.29. The average Bonchev–Trinajstić information content (AvgIpc) is 3.27. The van der Waals surface area contributed by atoms with E-state index in [2.05, 4.69) is 13.8 Å². The summed E-state index contributed by atoms with van der Waals surface area (Å²) >= 11 is 1.57. The van der Waals surface area contributed by atoms with E-state index in [0.717, 1.165) is 40.7 Å². The number of carbonyl (C=O) groups excluding carboxylic acids is 2. The lowest BCUT2D eigenvalue weighted by atomic mass is 9.97. The Labute approximate surface area is 180 Å². The Morgan fingerprint density at radius 2 is 1.87 bits per heavy atom. The number of thiophene rings is 1. The van der Waals surface area contributed by atoms with E-state index in [1.54, 1.807) is 24.3 Å². The number of amides is 1. The number of rotatable bonds is 4. The van der Waals surface area contributed by atoms with Gasteiger partial charge < -0.3 is 9.64 Å². The molecule has 4 rings (SSSR count). The smallest absolute Gasteiger partial charge is 0.339 e. The van der Waals surface area contributed by atoms with Gasteiger partial charge in [0.25, 0.3) is 5.91 Å². The molecule has 3 aromatic rings. The molecule has 5 nitrogen and oxygen atoms in total. The van der Waals surface area contributed by atoms with Crippen molar-refractivity contribution in [3.05, 3.63) is 53.4 Å². The zero-order chi connectivity index (χ0) is 21.3. The van der Waals surface area contributed by atoms with E-state index in [-0.39, 0.29) is 18.0 Å². The molecule has 156 valence electrons. The van der Waals surface area contributed by atoms with Gasteiger partial charge in [0.15, 0.2) is 6.10 Å². The van der Waals surface area contributed by atoms with Crippen molar-refractivity contribution in [2.45, 2.75) is 58.2 Å². The van der Waals surface area contributed by atoms with Crippen LogP contribution in [-0.2, 0) is 9.53 Å². The van der Waals surface area contributed by atoms with Crippen LogP contribution >= 0.6 is 11.3 Å². The summed E-state index contributed by atoms with van der Waals surface area (Å²) in [6.07, 6.45) is 2.25. The van der Waals surface area contributed by atoms with Crippen LogP contribution in [0, 0.1) is 0 Å². The second kappa shape index (κ2) is 8.56. The predicted molar refractivity (Wildman–Crippen MR) is 120 cm³/mol. The molecule has 3 heterocycles. The summed E-state index contributed by atoms with van der Waals surface area (Å²) in [7, 11) is 0. The monoisotopic (exact) mass is 422 g/mol. The van der Waals surface area contributed by atoms with Crippen molar-refractivity contribution in [1.29, 1.82) is 0 Å². The number of ether oxygens (including phenoxy) is 1. The van der Waals surface area contributed by atoms with Crippen LogP contribution in [0.25, 0.3) is 21.5 Å². The van der Waals surface area contributed by atoms with E-state index in [1.807, 2.05) is 46.7 Å². The number of likely N-dealkylation sites (tertiary alicyclic amines) is 1. The number of aromatic nitrogens is 1. The van der Waals surface area contributed by atoms with Gasteiger partial charge in [0, 0.05) is 17.5 Å². The Morgan fingerprint density at radius 3 is 2.57 bits per heavy atom. The van der Waals surface area contributed by atoms with E-state index < -0.39 is 12.1 Å². The predicted octanol–water partition coefficient (Wildman–Crippen LogP) is 5.30. The first kappa shape index (κ1) is 20.5. The van der Waals surface area contributed by atoms with Crippen LogP contribution in [0.1, 0.15) is 50.4 Å². The summed E-state index contributed by atoms with van der Waals surface area (Å²) in [6, 6.07) is 13.5. The third kappa shape index (κ3) is 3.97. The Bertz CT molecular complexity index is 1050. The number of pyridine rings is 1. The van der Waals surface area contributed by atoms with Gasteiger partial charge in [-0.2, -0.15) is 0 Å². The lowest BCUT2D eigenvalue weighted by molar-refractivity contribution is -0.146. The molecule has 6 heteroatoms. The van der Waals surface area contributed by atoms with Crippen molar-refractivity contribution in [3.8, 4) is 10.6 Å². The first-order valence-electron chi connectivity index (χ1n) is 10.4. The largest absolute Gasteiger partial charge is 0.449 e. The second-order valence-electron chi connectivity index (χ2n) is 7.97. The molecule has 2 aromatic heterocycles. The highest BCUT2D eigenvalue weighted by molar-refractivity contribution is 7.13. The lowest BCUT2D eigenvalue weighted by Crippen LogP contribution is -2.51. The van der Waals surface area contributed by atoms with Crippen LogP contribution < -0.4 is 0 Å². The molecule has 0 unspecified atom stereocenters. The number of carbonyl (C=O) groups is 2. The Balaban J connectivity index is 1.62. The fourth-order valence-electron chi connectivity index (χ4n) is 4.23. The van der Waals surface area contributed by atoms with Gasteiger partial charge in [0.2, 0.25) is 0 Å². The molecule has 30 heavy (non-hydrogen) atoms. The maximum Gasteiger partial charge on any atom is 0.339 e. The van der Waals surface area contributed by atoms with Crippen LogP contribution in [-0.4, -0.2) is 39.9 Å². The molecule has 0 radical (unpaired) electrons. The van der Waals surface area contributed by atoms with Crippen LogP contribution in [0.3, 0.4) is 0 Å². The molecule has 0 bridgehead atoms. The molecule has 1 saturated heterocycles. The minimum absolute atomic E-state index is 0.125. The van der Waals surface area contributed by atoms with E-state index >= 15 is 0 Å².